The number of halogens is 2. The fourth-order valence-corrected chi connectivity index (χ4v) is 2.02. The van der Waals surface area contributed by atoms with Gasteiger partial charge in [0.1, 0.15) is 6.33 Å². The lowest BCUT2D eigenvalue weighted by Crippen LogP contribution is -2.24. The maximum absolute atomic E-state index is 12.0. The minimum absolute atomic E-state index is 0.244. The van der Waals surface area contributed by atoms with E-state index in [2.05, 4.69) is 15.5 Å². The van der Waals surface area contributed by atoms with E-state index in [4.69, 9.17) is 28.9 Å². The van der Waals surface area contributed by atoms with Crippen LogP contribution in [-0.4, -0.2) is 20.7 Å². The summed E-state index contributed by atoms with van der Waals surface area (Å²) in [6, 6.07) is 2.95. The van der Waals surface area contributed by atoms with Crippen LogP contribution in [0.3, 0.4) is 0 Å². The fourth-order valence-electron chi connectivity index (χ4n) is 1.68. The third-order valence-corrected chi connectivity index (χ3v) is 3.58. The molecule has 106 valence electrons. The Bertz CT molecular complexity index is 618. The van der Waals surface area contributed by atoms with Gasteiger partial charge in [0.05, 0.1) is 22.3 Å². The molecule has 0 unspecified atom stereocenters. The maximum atomic E-state index is 12.0. The van der Waals surface area contributed by atoms with Crippen molar-refractivity contribution in [2.45, 2.75) is 20.0 Å². The smallest absolute Gasteiger partial charge is 0.251 e. The highest BCUT2D eigenvalue weighted by Crippen LogP contribution is 2.29. The fraction of sp³-hybridized carbons (Fsp3) is 0.250. The topological polar surface area (TPSA) is 85.8 Å². The van der Waals surface area contributed by atoms with Gasteiger partial charge < -0.3 is 15.6 Å². The second-order valence-corrected chi connectivity index (χ2v) is 4.86. The molecule has 1 aromatic heterocycles. The van der Waals surface area contributed by atoms with E-state index in [1.54, 1.807) is 6.33 Å². The first kappa shape index (κ1) is 14.6. The van der Waals surface area contributed by atoms with E-state index in [0.717, 1.165) is 6.54 Å². The zero-order chi connectivity index (χ0) is 14.7. The van der Waals surface area contributed by atoms with Crippen molar-refractivity contribution in [3.8, 4) is 0 Å². The Kier molecular flexibility index (Phi) is 4.46. The first-order chi connectivity index (χ1) is 9.52. The zero-order valence-corrected chi connectivity index (χ0v) is 12.2. The minimum Gasteiger partial charge on any atom is -0.397 e. The molecule has 1 aromatic carbocycles. The second-order valence-electron chi connectivity index (χ2n) is 4.08. The summed E-state index contributed by atoms with van der Waals surface area (Å²) in [4.78, 5) is 12.0. The number of hydrogen-bond acceptors (Lipinski definition) is 4. The molecule has 1 amide bonds. The summed E-state index contributed by atoms with van der Waals surface area (Å²) in [6.45, 7) is 2.97. The number of rotatable bonds is 4. The average molecular weight is 314 g/mol. The predicted octanol–water partition coefficient (Wildman–Crippen LogP) is 2.12. The van der Waals surface area contributed by atoms with Crippen molar-refractivity contribution in [3.63, 3.8) is 0 Å². The number of nitrogens with zero attached hydrogens (tertiary/aromatic N) is 3. The van der Waals surface area contributed by atoms with Crippen LogP contribution in [0, 0.1) is 0 Å². The number of benzene rings is 1. The summed E-state index contributed by atoms with van der Waals surface area (Å²) >= 11 is 11.7. The molecule has 0 spiro atoms. The van der Waals surface area contributed by atoms with Gasteiger partial charge in [-0.25, -0.2) is 0 Å². The Morgan fingerprint density at radius 2 is 2.20 bits per heavy atom. The van der Waals surface area contributed by atoms with Crippen LogP contribution in [0.25, 0.3) is 0 Å². The molecule has 0 fully saturated rings. The van der Waals surface area contributed by atoms with Gasteiger partial charge in [0.15, 0.2) is 5.82 Å². The van der Waals surface area contributed by atoms with Gasteiger partial charge in [-0.1, -0.05) is 23.2 Å². The van der Waals surface area contributed by atoms with Gasteiger partial charge in [-0.05, 0) is 19.1 Å². The predicted molar refractivity (Wildman–Crippen MR) is 77.7 cm³/mol. The van der Waals surface area contributed by atoms with Crippen molar-refractivity contribution in [3.05, 3.63) is 39.9 Å². The Morgan fingerprint density at radius 3 is 2.85 bits per heavy atom. The van der Waals surface area contributed by atoms with Gasteiger partial charge in [-0.15, -0.1) is 10.2 Å². The molecule has 8 heteroatoms. The third kappa shape index (κ3) is 3.02. The van der Waals surface area contributed by atoms with Crippen molar-refractivity contribution < 1.29 is 4.79 Å². The largest absolute Gasteiger partial charge is 0.397 e. The first-order valence-corrected chi connectivity index (χ1v) is 6.68. The number of aromatic nitrogens is 3. The summed E-state index contributed by atoms with van der Waals surface area (Å²) in [7, 11) is 0. The molecule has 0 atom stereocenters. The summed E-state index contributed by atoms with van der Waals surface area (Å²) in [5.74, 6) is 0.370. The van der Waals surface area contributed by atoms with Crippen molar-refractivity contribution in [2.24, 2.45) is 0 Å². The SMILES string of the molecule is CCn1cnnc1CNC(=O)c1cc(N)c(Cl)c(Cl)c1. The van der Waals surface area contributed by atoms with Crippen LogP contribution >= 0.6 is 23.2 Å². The number of hydrogen-bond donors (Lipinski definition) is 2. The number of nitrogens with two attached hydrogens (primary N) is 1. The number of amides is 1. The Hall–Kier alpha value is -1.79. The molecule has 20 heavy (non-hydrogen) atoms. The summed E-state index contributed by atoms with van der Waals surface area (Å²) in [5.41, 5.74) is 6.28. The van der Waals surface area contributed by atoms with E-state index in [9.17, 15) is 4.79 Å². The Labute approximate surface area is 125 Å². The van der Waals surface area contributed by atoms with Crippen molar-refractivity contribution in [1.82, 2.24) is 20.1 Å². The van der Waals surface area contributed by atoms with E-state index in [1.807, 2.05) is 11.5 Å². The molecular formula is C12H13Cl2N5O. The highest BCUT2D eigenvalue weighted by atomic mass is 35.5. The number of carbonyl (C=O) groups is 1. The van der Waals surface area contributed by atoms with E-state index >= 15 is 0 Å². The number of nitrogens with one attached hydrogen (secondary N) is 1. The Balaban J connectivity index is 2.09. The quantitative estimate of drug-likeness (QED) is 0.846. The van der Waals surface area contributed by atoms with Gasteiger partial charge in [0, 0.05) is 12.1 Å². The normalized spacial score (nSPS) is 10.6. The lowest BCUT2D eigenvalue weighted by atomic mass is 10.2. The monoisotopic (exact) mass is 313 g/mol. The summed E-state index contributed by atoms with van der Waals surface area (Å²) in [6.07, 6.45) is 1.61. The number of anilines is 1. The lowest BCUT2D eigenvalue weighted by molar-refractivity contribution is 0.0949. The highest BCUT2D eigenvalue weighted by molar-refractivity contribution is 6.43. The van der Waals surface area contributed by atoms with E-state index in [0.29, 0.717) is 11.4 Å². The molecule has 0 radical (unpaired) electrons. The first-order valence-electron chi connectivity index (χ1n) is 5.92. The van der Waals surface area contributed by atoms with Gasteiger partial charge >= 0.3 is 0 Å². The molecule has 0 bridgehead atoms. The standard InChI is InChI=1S/C12H13Cl2N5O/c1-2-19-6-17-18-10(19)5-16-12(20)7-3-8(13)11(14)9(15)4-7/h3-4,6H,2,5,15H2,1H3,(H,16,20). The van der Waals surface area contributed by atoms with Crippen molar-refractivity contribution in [1.29, 1.82) is 0 Å². The van der Waals surface area contributed by atoms with E-state index in [1.165, 1.54) is 12.1 Å². The van der Waals surface area contributed by atoms with Crippen molar-refractivity contribution >= 4 is 34.8 Å². The molecule has 3 N–H and O–H groups in total. The molecule has 0 saturated carbocycles. The average Bonchev–Trinajstić information content (AvgIpc) is 2.89. The van der Waals surface area contributed by atoms with Gasteiger partial charge in [-0.3, -0.25) is 4.79 Å². The van der Waals surface area contributed by atoms with Crippen LogP contribution in [0.15, 0.2) is 18.5 Å². The van der Waals surface area contributed by atoms with Crippen LogP contribution in [0.1, 0.15) is 23.1 Å². The molecule has 2 rings (SSSR count). The van der Waals surface area contributed by atoms with Crippen LogP contribution in [0.2, 0.25) is 10.0 Å². The van der Waals surface area contributed by atoms with Crippen LogP contribution < -0.4 is 11.1 Å². The molecular weight excluding hydrogens is 301 g/mol. The molecule has 1 heterocycles. The van der Waals surface area contributed by atoms with Crippen molar-refractivity contribution in [2.75, 3.05) is 5.73 Å². The number of nitrogen functional groups attached to an aromatic ring is 1. The molecule has 0 aliphatic carbocycles. The highest BCUT2D eigenvalue weighted by Gasteiger charge is 2.12. The Morgan fingerprint density at radius 1 is 1.45 bits per heavy atom. The molecule has 2 aromatic rings. The third-order valence-electron chi connectivity index (χ3n) is 2.76. The molecule has 0 aliphatic heterocycles. The van der Waals surface area contributed by atoms with Crippen LogP contribution in [0.4, 0.5) is 5.69 Å². The van der Waals surface area contributed by atoms with E-state index in [-0.39, 0.29) is 28.2 Å². The minimum atomic E-state index is -0.305. The zero-order valence-electron chi connectivity index (χ0n) is 10.7. The molecule has 0 aliphatic rings. The lowest BCUT2D eigenvalue weighted by Gasteiger charge is -2.08. The summed E-state index contributed by atoms with van der Waals surface area (Å²) in [5, 5.41) is 10.9. The van der Waals surface area contributed by atoms with Crippen LogP contribution in [0.5, 0.6) is 0 Å². The van der Waals surface area contributed by atoms with Gasteiger partial charge in [0.25, 0.3) is 5.91 Å². The van der Waals surface area contributed by atoms with Gasteiger partial charge in [-0.2, -0.15) is 0 Å². The van der Waals surface area contributed by atoms with E-state index < -0.39 is 0 Å². The molecule has 6 nitrogen and oxygen atoms in total. The van der Waals surface area contributed by atoms with Crippen LogP contribution in [-0.2, 0) is 13.1 Å². The maximum Gasteiger partial charge on any atom is 0.251 e. The number of carbonyl (C=O) groups excluding carboxylic acids is 1. The second kappa shape index (κ2) is 6.11. The summed E-state index contributed by atoms with van der Waals surface area (Å²) < 4.78 is 1.84. The van der Waals surface area contributed by atoms with Gasteiger partial charge in [0.2, 0.25) is 0 Å². The molecule has 0 saturated heterocycles. The number of aryl methyl sites for hydroxylation is 1.